The van der Waals surface area contributed by atoms with Crippen LogP contribution in [0.15, 0.2) is 24.4 Å². The molecule has 0 saturated heterocycles. The molecule has 0 radical (unpaired) electrons. The number of H-pyrrole nitrogens is 1. The van der Waals surface area contributed by atoms with Gasteiger partial charge in [-0.3, -0.25) is 0 Å². The number of fused-ring (bicyclic) bond motifs is 1. The molecule has 1 N–H and O–H groups in total. The van der Waals surface area contributed by atoms with Crippen molar-refractivity contribution in [1.82, 2.24) is 9.88 Å². The van der Waals surface area contributed by atoms with E-state index >= 15 is 0 Å². The van der Waals surface area contributed by atoms with Crippen LogP contribution in [0.3, 0.4) is 0 Å². The SMILES string of the molecule is CCCCN(C)Cc1c[nH]c2ccc(C)cc12. The van der Waals surface area contributed by atoms with Gasteiger partial charge in [-0.25, -0.2) is 0 Å². The van der Waals surface area contributed by atoms with Crippen molar-refractivity contribution in [1.29, 1.82) is 0 Å². The number of benzene rings is 1. The smallest absolute Gasteiger partial charge is 0.0457 e. The molecule has 2 aromatic rings. The molecule has 2 heteroatoms. The van der Waals surface area contributed by atoms with Crippen molar-refractivity contribution in [3.63, 3.8) is 0 Å². The van der Waals surface area contributed by atoms with Crippen molar-refractivity contribution in [2.45, 2.75) is 33.2 Å². The Labute approximate surface area is 104 Å². The lowest BCUT2D eigenvalue weighted by atomic mass is 10.1. The summed E-state index contributed by atoms with van der Waals surface area (Å²) in [5, 5.41) is 1.37. The number of rotatable bonds is 5. The molecule has 2 rings (SSSR count). The van der Waals surface area contributed by atoms with Gasteiger partial charge in [0.1, 0.15) is 0 Å². The van der Waals surface area contributed by atoms with Gasteiger partial charge < -0.3 is 9.88 Å². The van der Waals surface area contributed by atoms with Crippen molar-refractivity contribution < 1.29 is 0 Å². The summed E-state index contributed by atoms with van der Waals surface area (Å²) >= 11 is 0. The van der Waals surface area contributed by atoms with Crippen LogP contribution in [0.25, 0.3) is 10.9 Å². The van der Waals surface area contributed by atoms with Crippen LogP contribution in [-0.2, 0) is 6.54 Å². The van der Waals surface area contributed by atoms with E-state index < -0.39 is 0 Å². The van der Waals surface area contributed by atoms with E-state index in [9.17, 15) is 0 Å². The predicted molar refractivity (Wildman–Crippen MR) is 74.3 cm³/mol. The molecule has 0 unspecified atom stereocenters. The average molecular weight is 230 g/mol. The highest BCUT2D eigenvalue weighted by molar-refractivity contribution is 5.83. The normalized spacial score (nSPS) is 11.5. The number of hydrogen-bond donors (Lipinski definition) is 1. The summed E-state index contributed by atoms with van der Waals surface area (Å²) in [7, 11) is 2.20. The zero-order valence-electron chi connectivity index (χ0n) is 11.1. The van der Waals surface area contributed by atoms with Gasteiger partial charge in [0.25, 0.3) is 0 Å². The van der Waals surface area contributed by atoms with E-state index in [0.29, 0.717) is 0 Å². The molecule has 92 valence electrons. The average Bonchev–Trinajstić information content (AvgIpc) is 2.69. The van der Waals surface area contributed by atoms with Crippen LogP contribution in [0.4, 0.5) is 0 Å². The van der Waals surface area contributed by atoms with Gasteiger partial charge in [-0.05, 0) is 44.6 Å². The van der Waals surface area contributed by atoms with Crippen LogP contribution in [0.2, 0.25) is 0 Å². The van der Waals surface area contributed by atoms with Crippen LogP contribution in [0, 0.1) is 6.92 Å². The molecule has 0 atom stereocenters. The zero-order valence-corrected chi connectivity index (χ0v) is 11.1. The highest BCUT2D eigenvalue weighted by Crippen LogP contribution is 2.20. The second-order valence-electron chi connectivity index (χ2n) is 4.95. The van der Waals surface area contributed by atoms with Gasteiger partial charge in [0.2, 0.25) is 0 Å². The molecule has 0 spiro atoms. The van der Waals surface area contributed by atoms with Gasteiger partial charge in [-0.2, -0.15) is 0 Å². The van der Waals surface area contributed by atoms with Crippen molar-refractivity contribution in [2.24, 2.45) is 0 Å². The van der Waals surface area contributed by atoms with Crippen molar-refractivity contribution in [3.05, 3.63) is 35.5 Å². The lowest BCUT2D eigenvalue weighted by Gasteiger charge is -2.15. The number of hydrogen-bond acceptors (Lipinski definition) is 1. The monoisotopic (exact) mass is 230 g/mol. The highest BCUT2D eigenvalue weighted by Gasteiger charge is 2.06. The molecule has 0 bridgehead atoms. The Balaban J connectivity index is 2.15. The Morgan fingerprint density at radius 3 is 2.88 bits per heavy atom. The van der Waals surface area contributed by atoms with Gasteiger partial charge in [-0.1, -0.05) is 25.0 Å². The minimum absolute atomic E-state index is 1.03. The molecule has 2 nitrogen and oxygen atoms in total. The number of aromatic amines is 1. The number of nitrogens with one attached hydrogen (secondary N) is 1. The molecule has 0 aliphatic heterocycles. The molecule has 1 aromatic carbocycles. The van der Waals surface area contributed by atoms with Crippen LogP contribution < -0.4 is 0 Å². The molecule has 1 heterocycles. The zero-order chi connectivity index (χ0) is 12.3. The number of aromatic nitrogens is 1. The Morgan fingerprint density at radius 1 is 1.29 bits per heavy atom. The first-order valence-electron chi connectivity index (χ1n) is 6.46. The quantitative estimate of drug-likeness (QED) is 0.829. The van der Waals surface area contributed by atoms with E-state index in [1.807, 2.05) is 0 Å². The number of aryl methyl sites for hydroxylation is 1. The van der Waals surface area contributed by atoms with Crippen molar-refractivity contribution in [3.8, 4) is 0 Å². The molecular formula is C15H22N2. The number of nitrogens with zero attached hydrogens (tertiary/aromatic N) is 1. The second-order valence-corrected chi connectivity index (χ2v) is 4.95. The largest absolute Gasteiger partial charge is 0.361 e. The minimum Gasteiger partial charge on any atom is -0.361 e. The topological polar surface area (TPSA) is 19.0 Å². The predicted octanol–water partition coefficient (Wildman–Crippen LogP) is 3.71. The summed E-state index contributed by atoms with van der Waals surface area (Å²) in [6.45, 7) is 6.60. The number of unbranched alkanes of at least 4 members (excludes halogenated alkanes) is 1. The summed E-state index contributed by atoms with van der Waals surface area (Å²) in [6.07, 6.45) is 4.68. The Hall–Kier alpha value is -1.28. The first kappa shape index (κ1) is 12.2. The minimum atomic E-state index is 1.03. The third kappa shape index (κ3) is 2.89. The third-order valence-electron chi connectivity index (χ3n) is 3.26. The highest BCUT2D eigenvalue weighted by atomic mass is 15.1. The molecule has 1 aromatic heterocycles. The first-order chi connectivity index (χ1) is 8.20. The van der Waals surface area contributed by atoms with Gasteiger partial charge in [0, 0.05) is 23.6 Å². The molecule has 0 amide bonds. The maximum atomic E-state index is 3.35. The molecule has 0 aliphatic carbocycles. The molecule has 0 saturated carbocycles. The van der Waals surface area contributed by atoms with Gasteiger partial charge in [-0.15, -0.1) is 0 Å². The fourth-order valence-electron chi connectivity index (χ4n) is 2.22. The fraction of sp³-hybridized carbons (Fsp3) is 0.467. The summed E-state index contributed by atoms with van der Waals surface area (Å²) < 4.78 is 0. The maximum absolute atomic E-state index is 3.35. The van der Waals surface area contributed by atoms with E-state index in [2.05, 4.69) is 55.2 Å². The van der Waals surface area contributed by atoms with E-state index in [4.69, 9.17) is 0 Å². The van der Waals surface area contributed by atoms with Gasteiger partial charge in [0.15, 0.2) is 0 Å². The molecular weight excluding hydrogens is 208 g/mol. The maximum Gasteiger partial charge on any atom is 0.0457 e. The standard InChI is InChI=1S/C15H22N2/c1-4-5-8-17(3)11-13-10-16-15-7-6-12(2)9-14(13)15/h6-7,9-10,16H,4-5,8,11H2,1-3H3. The Morgan fingerprint density at radius 2 is 2.12 bits per heavy atom. The lowest BCUT2D eigenvalue weighted by Crippen LogP contribution is -2.18. The molecule has 0 fully saturated rings. The third-order valence-corrected chi connectivity index (χ3v) is 3.26. The van der Waals surface area contributed by atoms with Crippen LogP contribution in [0.1, 0.15) is 30.9 Å². The summed E-state index contributed by atoms with van der Waals surface area (Å²) in [6, 6.07) is 6.60. The molecule has 0 aliphatic rings. The molecule has 17 heavy (non-hydrogen) atoms. The van der Waals surface area contributed by atoms with Crippen LogP contribution in [-0.4, -0.2) is 23.5 Å². The lowest BCUT2D eigenvalue weighted by molar-refractivity contribution is 0.322. The van der Waals surface area contributed by atoms with E-state index in [1.54, 1.807) is 0 Å². The van der Waals surface area contributed by atoms with Crippen LogP contribution >= 0.6 is 0 Å². The van der Waals surface area contributed by atoms with E-state index in [-0.39, 0.29) is 0 Å². The van der Waals surface area contributed by atoms with Gasteiger partial charge >= 0.3 is 0 Å². The van der Waals surface area contributed by atoms with Crippen molar-refractivity contribution in [2.75, 3.05) is 13.6 Å². The van der Waals surface area contributed by atoms with E-state index in [0.717, 1.165) is 6.54 Å². The van der Waals surface area contributed by atoms with Gasteiger partial charge in [0.05, 0.1) is 0 Å². The van der Waals surface area contributed by atoms with Crippen molar-refractivity contribution >= 4 is 10.9 Å². The second kappa shape index (κ2) is 5.37. The fourth-order valence-corrected chi connectivity index (χ4v) is 2.22. The first-order valence-corrected chi connectivity index (χ1v) is 6.46. The Kier molecular flexibility index (Phi) is 3.85. The van der Waals surface area contributed by atoms with Crippen LogP contribution in [0.5, 0.6) is 0 Å². The Bertz CT molecular complexity index is 485. The summed E-state index contributed by atoms with van der Waals surface area (Å²) in [5.74, 6) is 0. The van der Waals surface area contributed by atoms with E-state index in [1.165, 1.54) is 41.4 Å². The summed E-state index contributed by atoms with van der Waals surface area (Å²) in [5.41, 5.74) is 3.98. The summed E-state index contributed by atoms with van der Waals surface area (Å²) in [4.78, 5) is 5.75.